The standard InChI is InChI=1S/C11H19NO4.C10H14O2/c1-11(2,3)16-10(14)12-7-5-6-8(12)9(13)15-4;11-7-4-8-12-9-10-5-2-1-3-6-10/h8H,5-7H2,1-4H3;1-3,5-6,11H,4,7-9H2. The Morgan fingerprint density at radius 2 is 1.89 bits per heavy atom. The lowest BCUT2D eigenvalue weighted by Crippen LogP contribution is -2.43. The molecule has 158 valence electrons. The summed E-state index contributed by atoms with van der Waals surface area (Å²) in [5.74, 6) is -0.372. The van der Waals surface area contributed by atoms with Crippen LogP contribution >= 0.6 is 0 Å². The Bertz CT molecular complexity index is 584. The maximum atomic E-state index is 11.8. The number of hydrogen-bond donors (Lipinski definition) is 1. The lowest BCUT2D eigenvalue weighted by molar-refractivity contribution is -0.145. The normalized spacial score (nSPS) is 16.2. The molecule has 1 saturated heterocycles. The molecule has 1 aliphatic heterocycles. The van der Waals surface area contributed by atoms with Gasteiger partial charge in [0.15, 0.2) is 0 Å². The quantitative estimate of drug-likeness (QED) is 0.588. The Morgan fingerprint density at radius 3 is 2.46 bits per heavy atom. The van der Waals surface area contributed by atoms with Crippen molar-refractivity contribution in [3.8, 4) is 0 Å². The molecule has 0 saturated carbocycles. The van der Waals surface area contributed by atoms with Crippen molar-refractivity contribution < 1.29 is 28.9 Å². The summed E-state index contributed by atoms with van der Waals surface area (Å²) >= 11 is 0. The van der Waals surface area contributed by atoms with Crippen molar-refractivity contribution in [2.45, 2.75) is 58.3 Å². The first-order valence-electron chi connectivity index (χ1n) is 9.58. The Balaban J connectivity index is 0.000000292. The largest absolute Gasteiger partial charge is 0.467 e. The Morgan fingerprint density at radius 1 is 1.21 bits per heavy atom. The monoisotopic (exact) mass is 395 g/mol. The van der Waals surface area contributed by atoms with Crippen LogP contribution in [-0.4, -0.2) is 60.6 Å². The van der Waals surface area contributed by atoms with Crippen molar-refractivity contribution in [1.82, 2.24) is 4.90 Å². The number of amides is 1. The van der Waals surface area contributed by atoms with Crippen LogP contribution in [-0.2, 0) is 25.6 Å². The highest BCUT2D eigenvalue weighted by Gasteiger charge is 2.37. The van der Waals surface area contributed by atoms with Gasteiger partial charge in [-0.15, -0.1) is 0 Å². The second-order valence-electron chi connectivity index (χ2n) is 7.47. The molecule has 0 aromatic heterocycles. The van der Waals surface area contributed by atoms with Crippen molar-refractivity contribution in [1.29, 1.82) is 0 Å². The number of hydrogen-bond acceptors (Lipinski definition) is 6. The first kappa shape index (κ1) is 23.9. The zero-order valence-electron chi connectivity index (χ0n) is 17.3. The SMILES string of the molecule is COC(=O)C1CCCN1C(=O)OC(C)(C)C.OCCCOCc1ccccc1. The van der Waals surface area contributed by atoms with Crippen LogP contribution in [0.5, 0.6) is 0 Å². The van der Waals surface area contributed by atoms with Crippen LogP contribution in [0.4, 0.5) is 4.79 Å². The molecular formula is C21H33NO6. The number of likely N-dealkylation sites (tertiary alicyclic amines) is 1. The van der Waals surface area contributed by atoms with E-state index in [0.29, 0.717) is 32.6 Å². The van der Waals surface area contributed by atoms with E-state index < -0.39 is 17.7 Å². The number of rotatable bonds is 6. The molecule has 1 aromatic carbocycles. The maximum Gasteiger partial charge on any atom is 0.411 e. The van der Waals surface area contributed by atoms with Gasteiger partial charge in [-0.3, -0.25) is 4.90 Å². The molecule has 1 atom stereocenters. The fourth-order valence-electron chi connectivity index (χ4n) is 2.62. The zero-order valence-corrected chi connectivity index (χ0v) is 17.3. The number of carbonyl (C=O) groups is 2. The fraction of sp³-hybridized carbons (Fsp3) is 0.619. The first-order valence-corrected chi connectivity index (χ1v) is 9.58. The number of methoxy groups -OCH3 is 1. The smallest absolute Gasteiger partial charge is 0.411 e. The van der Waals surface area contributed by atoms with Crippen LogP contribution in [0.1, 0.15) is 45.6 Å². The number of esters is 1. The van der Waals surface area contributed by atoms with Gasteiger partial charge in [-0.25, -0.2) is 9.59 Å². The summed E-state index contributed by atoms with van der Waals surface area (Å²) < 4.78 is 15.2. The molecule has 28 heavy (non-hydrogen) atoms. The number of benzene rings is 1. The fourth-order valence-corrected chi connectivity index (χ4v) is 2.62. The van der Waals surface area contributed by atoms with E-state index in [1.54, 1.807) is 20.8 Å². The summed E-state index contributed by atoms with van der Waals surface area (Å²) in [6.45, 7) is 7.42. The van der Waals surface area contributed by atoms with Crippen LogP contribution in [0, 0.1) is 0 Å². The van der Waals surface area contributed by atoms with Crippen LogP contribution in [0.15, 0.2) is 30.3 Å². The number of aliphatic hydroxyl groups is 1. The highest BCUT2D eigenvalue weighted by molar-refractivity contribution is 5.82. The number of nitrogens with zero attached hydrogens (tertiary/aromatic N) is 1. The third-order valence-corrected chi connectivity index (χ3v) is 3.91. The summed E-state index contributed by atoms with van der Waals surface area (Å²) in [4.78, 5) is 24.7. The summed E-state index contributed by atoms with van der Waals surface area (Å²) in [7, 11) is 1.33. The zero-order chi connectivity index (χ0) is 21.0. The van der Waals surface area contributed by atoms with Gasteiger partial charge < -0.3 is 19.3 Å². The molecule has 0 radical (unpaired) electrons. The van der Waals surface area contributed by atoms with Gasteiger partial charge >= 0.3 is 12.1 Å². The van der Waals surface area contributed by atoms with E-state index in [2.05, 4.69) is 4.74 Å². The average molecular weight is 395 g/mol. The molecule has 1 amide bonds. The van der Waals surface area contributed by atoms with E-state index in [-0.39, 0.29) is 12.6 Å². The topological polar surface area (TPSA) is 85.3 Å². The number of ether oxygens (including phenoxy) is 3. The van der Waals surface area contributed by atoms with Crippen molar-refractivity contribution in [2.24, 2.45) is 0 Å². The van der Waals surface area contributed by atoms with Gasteiger partial charge in [0.1, 0.15) is 11.6 Å². The number of carbonyl (C=O) groups excluding carboxylic acids is 2. The van der Waals surface area contributed by atoms with Gasteiger partial charge in [0, 0.05) is 19.8 Å². The second kappa shape index (κ2) is 12.4. The van der Waals surface area contributed by atoms with Crippen molar-refractivity contribution in [2.75, 3.05) is 26.9 Å². The summed E-state index contributed by atoms with van der Waals surface area (Å²) in [6.07, 6.45) is 1.72. The molecule has 7 heteroatoms. The van der Waals surface area contributed by atoms with Crippen LogP contribution < -0.4 is 0 Å². The van der Waals surface area contributed by atoms with Crippen molar-refractivity contribution >= 4 is 12.1 Å². The maximum absolute atomic E-state index is 11.8. The van der Waals surface area contributed by atoms with E-state index in [1.165, 1.54) is 17.6 Å². The van der Waals surface area contributed by atoms with Gasteiger partial charge in [-0.1, -0.05) is 30.3 Å². The minimum atomic E-state index is -0.541. The van der Waals surface area contributed by atoms with E-state index >= 15 is 0 Å². The minimum absolute atomic E-state index is 0.203. The molecule has 1 aromatic rings. The Hall–Kier alpha value is -2.12. The molecule has 2 rings (SSSR count). The second-order valence-corrected chi connectivity index (χ2v) is 7.47. The molecule has 0 bridgehead atoms. The van der Waals surface area contributed by atoms with Crippen LogP contribution in [0.3, 0.4) is 0 Å². The first-order chi connectivity index (χ1) is 13.3. The third kappa shape index (κ3) is 9.19. The Labute approximate surface area is 167 Å². The number of aliphatic hydroxyl groups excluding tert-OH is 1. The molecule has 1 N–H and O–H groups in total. The highest BCUT2D eigenvalue weighted by atomic mass is 16.6. The van der Waals surface area contributed by atoms with Crippen LogP contribution in [0.2, 0.25) is 0 Å². The van der Waals surface area contributed by atoms with Crippen LogP contribution in [0.25, 0.3) is 0 Å². The van der Waals surface area contributed by atoms with Gasteiger partial charge in [0.05, 0.1) is 13.7 Å². The van der Waals surface area contributed by atoms with Crippen molar-refractivity contribution in [3.05, 3.63) is 35.9 Å². The minimum Gasteiger partial charge on any atom is -0.467 e. The molecule has 1 unspecified atom stereocenters. The van der Waals surface area contributed by atoms with Gasteiger partial charge in [0.25, 0.3) is 0 Å². The molecule has 1 fully saturated rings. The summed E-state index contributed by atoms with van der Waals surface area (Å²) in [5, 5.41) is 8.48. The predicted molar refractivity (Wildman–Crippen MR) is 106 cm³/mol. The molecule has 1 aliphatic rings. The molecule has 7 nitrogen and oxygen atoms in total. The predicted octanol–water partition coefficient (Wildman–Crippen LogP) is 3.14. The van der Waals surface area contributed by atoms with Gasteiger partial charge in [-0.05, 0) is 45.6 Å². The van der Waals surface area contributed by atoms with Gasteiger partial charge in [0.2, 0.25) is 0 Å². The molecule has 1 heterocycles. The highest BCUT2D eigenvalue weighted by Crippen LogP contribution is 2.21. The van der Waals surface area contributed by atoms with E-state index in [4.69, 9.17) is 14.6 Å². The Kier molecular flexibility index (Phi) is 10.6. The van der Waals surface area contributed by atoms with E-state index in [9.17, 15) is 9.59 Å². The van der Waals surface area contributed by atoms with Crippen molar-refractivity contribution in [3.63, 3.8) is 0 Å². The van der Waals surface area contributed by atoms with E-state index in [1.807, 2.05) is 30.3 Å². The molecule has 0 spiro atoms. The average Bonchev–Trinajstić information content (AvgIpc) is 3.15. The third-order valence-electron chi connectivity index (χ3n) is 3.91. The lowest BCUT2D eigenvalue weighted by atomic mass is 10.2. The molecule has 0 aliphatic carbocycles. The molecular weight excluding hydrogens is 362 g/mol. The summed E-state index contributed by atoms with van der Waals surface area (Å²) in [5.41, 5.74) is 0.635. The summed E-state index contributed by atoms with van der Waals surface area (Å²) in [6, 6.07) is 9.53. The van der Waals surface area contributed by atoms with Gasteiger partial charge in [-0.2, -0.15) is 0 Å². The van der Waals surface area contributed by atoms with E-state index in [0.717, 1.165) is 6.42 Å². The lowest BCUT2D eigenvalue weighted by Gasteiger charge is -2.27.